The molecular weight excluding hydrogens is 282 g/mol. The van der Waals surface area contributed by atoms with Crippen LogP contribution in [0.3, 0.4) is 0 Å². The number of nitrogens with two attached hydrogens (primary N) is 1. The van der Waals surface area contributed by atoms with Crippen molar-refractivity contribution in [2.24, 2.45) is 10.6 Å². The molecule has 2 rings (SSSR count). The van der Waals surface area contributed by atoms with Gasteiger partial charge < -0.3 is 4.74 Å². The van der Waals surface area contributed by atoms with Crippen molar-refractivity contribution in [2.75, 3.05) is 19.0 Å². The van der Waals surface area contributed by atoms with Crippen molar-refractivity contribution < 1.29 is 13.2 Å². The predicted octanol–water partition coefficient (Wildman–Crippen LogP) is 2.16. The lowest BCUT2D eigenvalue weighted by Crippen LogP contribution is -2.35. The van der Waals surface area contributed by atoms with Gasteiger partial charge in [-0.05, 0) is 24.3 Å². The minimum Gasteiger partial charge on any atom is -0.380 e. The molecule has 0 aliphatic heterocycles. The highest BCUT2D eigenvalue weighted by Gasteiger charge is 2.37. The van der Waals surface area contributed by atoms with Crippen LogP contribution in [-0.2, 0) is 21.2 Å². The van der Waals surface area contributed by atoms with E-state index >= 15 is 0 Å². The van der Waals surface area contributed by atoms with Crippen molar-refractivity contribution in [1.82, 2.24) is 0 Å². The second kappa shape index (κ2) is 6.35. The molecule has 19 heavy (non-hydrogen) atoms. The molecule has 108 valence electrons. The number of hydrogen-bond acceptors (Lipinski definition) is 4. The molecule has 0 unspecified atom stereocenters. The minimum absolute atomic E-state index is 0.0546. The van der Waals surface area contributed by atoms with Crippen LogP contribution in [0.15, 0.2) is 17.5 Å². The quantitative estimate of drug-likeness (QED) is 0.785. The first-order chi connectivity index (χ1) is 8.99. The van der Waals surface area contributed by atoms with Gasteiger partial charge in [0.05, 0.1) is 19.0 Å². The highest BCUT2D eigenvalue weighted by atomic mass is 32.2. The summed E-state index contributed by atoms with van der Waals surface area (Å²) in [6.07, 6.45) is 4.85. The van der Waals surface area contributed by atoms with Gasteiger partial charge in [-0.1, -0.05) is 18.9 Å². The van der Waals surface area contributed by atoms with Crippen LogP contribution in [0.25, 0.3) is 0 Å². The van der Waals surface area contributed by atoms with E-state index in [1.807, 2.05) is 6.07 Å². The molecule has 0 atom stereocenters. The molecule has 0 spiro atoms. The van der Waals surface area contributed by atoms with Crippen molar-refractivity contribution >= 4 is 21.4 Å². The van der Waals surface area contributed by atoms with Crippen molar-refractivity contribution in [3.05, 3.63) is 22.4 Å². The van der Waals surface area contributed by atoms with Gasteiger partial charge in [-0.15, -0.1) is 11.3 Å². The molecule has 1 fully saturated rings. The van der Waals surface area contributed by atoms with E-state index in [1.54, 1.807) is 11.3 Å². The zero-order chi connectivity index (χ0) is 13.8. The van der Waals surface area contributed by atoms with E-state index in [9.17, 15) is 8.42 Å². The Bertz CT molecular complexity index is 476. The molecular formula is C13H21NO3S2. The third kappa shape index (κ3) is 4.87. The van der Waals surface area contributed by atoms with Crippen LogP contribution in [0.4, 0.5) is 0 Å². The first-order valence-corrected chi connectivity index (χ1v) is 9.19. The van der Waals surface area contributed by atoms with Gasteiger partial charge in [0.15, 0.2) is 0 Å². The summed E-state index contributed by atoms with van der Waals surface area (Å²) in [7, 11) is -3.42. The standard InChI is InChI=1S/C13H21NO3S2/c14-19(15,16)11-13(6-1-2-7-13)10-17-8-5-12-4-3-9-18-12/h3-4,9H,1-2,5-8,10-11H2,(H2,14,15,16). The summed E-state index contributed by atoms with van der Waals surface area (Å²) in [6, 6.07) is 4.11. The van der Waals surface area contributed by atoms with Crippen LogP contribution >= 0.6 is 11.3 Å². The van der Waals surface area contributed by atoms with Gasteiger partial charge >= 0.3 is 0 Å². The van der Waals surface area contributed by atoms with Gasteiger partial charge in [0.25, 0.3) is 0 Å². The maximum absolute atomic E-state index is 11.3. The zero-order valence-electron chi connectivity index (χ0n) is 11.0. The molecule has 0 amide bonds. The minimum atomic E-state index is -3.42. The fourth-order valence-corrected chi connectivity index (χ4v) is 4.71. The van der Waals surface area contributed by atoms with Crippen LogP contribution in [0.5, 0.6) is 0 Å². The lowest BCUT2D eigenvalue weighted by Gasteiger charge is -2.27. The Labute approximate surface area is 119 Å². The Hall–Kier alpha value is -0.430. The van der Waals surface area contributed by atoms with Gasteiger partial charge in [0, 0.05) is 16.7 Å². The number of hydrogen-bond donors (Lipinski definition) is 1. The number of rotatable bonds is 7. The van der Waals surface area contributed by atoms with Gasteiger partial charge in [0.2, 0.25) is 10.0 Å². The third-order valence-electron chi connectivity index (χ3n) is 3.65. The smallest absolute Gasteiger partial charge is 0.209 e. The summed E-state index contributed by atoms with van der Waals surface area (Å²) in [5.74, 6) is 0.0546. The Morgan fingerprint density at radius 1 is 1.37 bits per heavy atom. The van der Waals surface area contributed by atoms with Crippen molar-refractivity contribution in [2.45, 2.75) is 32.1 Å². The molecule has 1 saturated carbocycles. The topological polar surface area (TPSA) is 69.4 Å². The molecule has 0 bridgehead atoms. The van der Waals surface area contributed by atoms with E-state index in [-0.39, 0.29) is 11.2 Å². The van der Waals surface area contributed by atoms with Gasteiger partial charge in [-0.25, -0.2) is 13.6 Å². The normalized spacial score (nSPS) is 18.8. The molecule has 2 N–H and O–H groups in total. The molecule has 1 aromatic rings. The van der Waals surface area contributed by atoms with Crippen LogP contribution < -0.4 is 5.14 Å². The van der Waals surface area contributed by atoms with Gasteiger partial charge in [0.1, 0.15) is 0 Å². The fraction of sp³-hybridized carbons (Fsp3) is 0.692. The SMILES string of the molecule is NS(=O)(=O)CC1(COCCc2cccs2)CCCC1. The molecule has 0 radical (unpaired) electrons. The Balaban J connectivity index is 1.80. The third-order valence-corrected chi connectivity index (χ3v) is 5.60. The summed E-state index contributed by atoms with van der Waals surface area (Å²) in [5, 5.41) is 7.25. The molecule has 0 saturated heterocycles. The summed E-state index contributed by atoms with van der Waals surface area (Å²) < 4.78 is 28.4. The average molecular weight is 303 g/mol. The summed E-state index contributed by atoms with van der Waals surface area (Å²) >= 11 is 1.72. The highest BCUT2D eigenvalue weighted by Crippen LogP contribution is 2.39. The summed E-state index contributed by atoms with van der Waals surface area (Å²) in [5.41, 5.74) is -0.247. The predicted molar refractivity (Wildman–Crippen MR) is 77.7 cm³/mol. The Morgan fingerprint density at radius 3 is 2.68 bits per heavy atom. The molecule has 0 aromatic carbocycles. The maximum atomic E-state index is 11.3. The number of primary sulfonamides is 1. The monoisotopic (exact) mass is 303 g/mol. The van der Waals surface area contributed by atoms with Crippen molar-refractivity contribution in [3.8, 4) is 0 Å². The molecule has 6 heteroatoms. The Kier molecular flexibility index (Phi) is 5.00. The van der Waals surface area contributed by atoms with Crippen molar-refractivity contribution in [1.29, 1.82) is 0 Å². The fourth-order valence-electron chi connectivity index (χ4n) is 2.80. The Morgan fingerprint density at radius 2 is 2.11 bits per heavy atom. The van der Waals surface area contributed by atoms with Crippen LogP contribution in [0, 0.1) is 5.41 Å². The van der Waals surface area contributed by atoms with E-state index in [0.29, 0.717) is 13.2 Å². The molecule has 1 heterocycles. The van der Waals surface area contributed by atoms with E-state index in [2.05, 4.69) is 11.4 Å². The number of thiophene rings is 1. The average Bonchev–Trinajstić information content (AvgIpc) is 2.94. The van der Waals surface area contributed by atoms with E-state index in [0.717, 1.165) is 32.1 Å². The first-order valence-electron chi connectivity index (χ1n) is 6.60. The van der Waals surface area contributed by atoms with Crippen molar-refractivity contribution in [3.63, 3.8) is 0 Å². The zero-order valence-corrected chi connectivity index (χ0v) is 12.6. The first kappa shape index (κ1) is 15.0. The van der Waals surface area contributed by atoms with E-state index < -0.39 is 10.0 Å². The maximum Gasteiger partial charge on any atom is 0.209 e. The lowest BCUT2D eigenvalue weighted by atomic mass is 9.90. The largest absolute Gasteiger partial charge is 0.380 e. The summed E-state index contributed by atoms with van der Waals surface area (Å²) in [4.78, 5) is 1.30. The summed E-state index contributed by atoms with van der Waals surface area (Å²) in [6.45, 7) is 1.15. The van der Waals surface area contributed by atoms with E-state index in [4.69, 9.17) is 9.88 Å². The number of sulfonamides is 1. The van der Waals surface area contributed by atoms with E-state index in [1.165, 1.54) is 4.88 Å². The molecule has 1 aromatic heterocycles. The van der Waals surface area contributed by atoms with Gasteiger partial charge in [-0.3, -0.25) is 0 Å². The van der Waals surface area contributed by atoms with Gasteiger partial charge in [-0.2, -0.15) is 0 Å². The van der Waals surface area contributed by atoms with Crippen LogP contribution in [0.2, 0.25) is 0 Å². The van der Waals surface area contributed by atoms with Crippen LogP contribution in [0.1, 0.15) is 30.6 Å². The second-order valence-electron chi connectivity index (χ2n) is 5.40. The number of ether oxygens (including phenoxy) is 1. The second-order valence-corrected chi connectivity index (χ2v) is 8.04. The highest BCUT2D eigenvalue weighted by molar-refractivity contribution is 7.89. The molecule has 1 aliphatic rings. The molecule has 4 nitrogen and oxygen atoms in total. The molecule has 1 aliphatic carbocycles. The lowest BCUT2D eigenvalue weighted by molar-refractivity contribution is 0.0601. The van der Waals surface area contributed by atoms with Crippen LogP contribution in [-0.4, -0.2) is 27.4 Å².